The Balaban J connectivity index is 1.72. The number of aromatic nitrogens is 1. The number of carbonyl (C=O) groups excluding carboxylic acids is 1. The molecule has 2 aromatic carbocycles. The molecular weight excluding hydrogens is 402 g/mol. The molecule has 0 fully saturated rings. The van der Waals surface area contributed by atoms with Gasteiger partial charge in [0, 0.05) is 12.5 Å². The third kappa shape index (κ3) is 6.02. The fraction of sp³-hybridized carbons (Fsp3) is 0.130. The first kappa shape index (κ1) is 21.3. The molecule has 0 aliphatic heterocycles. The summed E-state index contributed by atoms with van der Waals surface area (Å²) in [5, 5.41) is 0. The van der Waals surface area contributed by atoms with Crippen molar-refractivity contribution in [2.24, 2.45) is 0 Å². The van der Waals surface area contributed by atoms with Gasteiger partial charge in [0.15, 0.2) is 21.3 Å². The van der Waals surface area contributed by atoms with Gasteiger partial charge in [-0.2, -0.15) is 0 Å². The molecule has 1 heterocycles. The zero-order valence-corrected chi connectivity index (χ0v) is 17.4. The second-order valence-corrected chi connectivity index (χ2v) is 8.79. The molecule has 3 aromatic rings. The summed E-state index contributed by atoms with van der Waals surface area (Å²) in [6.45, 7) is 0. The Morgan fingerprint density at radius 3 is 2.40 bits per heavy atom. The fourth-order valence-electron chi connectivity index (χ4n) is 2.73. The number of rotatable bonds is 7. The molecule has 0 saturated heterocycles. The number of methoxy groups -OCH3 is 1. The summed E-state index contributed by atoms with van der Waals surface area (Å²) < 4.78 is 33.6. The smallest absolute Gasteiger partial charge is 0.343 e. The van der Waals surface area contributed by atoms with Gasteiger partial charge in [-0.25, -0.2) is 13.2 Å². The van der Waals surface area contributed by atoms with Crippen molar-refractivity contribution in [2.75, 3.05) is 13.4 Å². The molecule has 3 rings (SSSR count). The molecule has 7 heteroatoms. The minimum absolute atomic E-state index is 0.0797. The van der Waals surface area contributed by atoms with Gasteiger partial charge in [-0.1, -0.05) is 30.3 Å². The van der Waals surface area contributed by atoms with Crippen molar-refractivity contribution in [1.29, 1.82) is 0 Å². The quantitative estimate of drug-likeness (QED) is 0.422. The van der Waals surface area contributed by atoms with Crippen molar-refractivity contribution in [3.8, 4) is 11.5 Å². The molecule has 0 spiro atoms. The number of carbonyl (C=O) groups is 1. The van der Waals surface area contributed by atoms with Crippen LogP contribution in [0.15, 0.2) is 66.9 Å². The Kier molecular flexibility index (Phi) is 6.64. The van der Waals surface area contributed by atoms with E-state index in [1.165, 1.54) is 7.11 Å². The van der Waals surface area contributed by atoms with Crippen molar-refractivity contribution in [3.05, 3.63) is 89.2 Å². The lowest BCUT2D eigenvalue weighted by Gasteiger charge is -2.10. The Labute approximate surface area is 175 Å². The van der Waals surface area contributed by atoms with Crippen molar-refractivity contribution in [2.45, 2.75) is 5.75 Å². The molecule has 154 valence electrons. The van der Waals surface area contributed by atoms with E-state index in [9.17, 15) is 13.2 Å². The monoisotopic (exact) mass is 423 g/mol. The fourth-order valence-corrected chi connectivity index (χ4v) is 3.52. The van der Waals surface area contributed by atoms with Crippen LogP contribution in [0.1, 0.15) is 27.2 Å². The van der Waals surface area contributed by atoms with Crippen LogP contribution in [0.5, 0.6) is 11.5 Å². The van der Waals surface area contributed by atoms with Gasteiger partial charge in [0.2, 0.25) is 0 Å². The molecule has 0 aliphatic carbocycles. The molecule has 0 N–H and O–H groups in total. The average Bonchev–Trinajstić information content (AvgIpc) is 2.73. The van der Waals surface area contributed by atoms with Crippen LogP contribution in [0.3, 0.4) is 0 Å². The highest BCUT2D eigenvalue weighted by Crippen LogP contribution is 2.29. The number of sulfone groups is 1. The second kappa shape index (κ2) is 9.37. The lowest BCUT2D eigenvalue weighted by atomic mass is 10.1. The maximum atomic E-state index is 12.5. The number of esters is 1. The summed E-state index contributed by atoms with van der Waals surface area (Å²) in [6, 6.07) is 17.2. The molecular formula is C23H21NO5S. The number of ether oxygens (including phenoxy) is 2. The van der Waals surface area contributed by atoms with E-state index in [-0.39, 0.29) is 11.5 Å². The summed E-state index contributed by atoms with van der Waals surface area (Å²) in [5.74, 6) is 0.0674. The number of hydrogen-bond acceptors (Lipinski definition) is 6. The summed E-state index contributed by atoms with van der Waals surface area (Å²) in [7, 11) is -1.64. The number of pyridine rings is 1. The predicted octanol–water partition coefficient (Wildman–Crippen LogP) is 4.02. The lowest BCUT2D eigenvalue weighted by molar-refractivity contribution is 0.0729. The standard InChI is InChI=1S/C23H21NO5S/c1-28-22-15-17(8-12-20-5-3-4-14-24-20)9-13-21(22)29-23(25)19-10-6-18(7-11-19)16-30(2,26)27/h3-15H,16H2,1-2H3/b12-8+. The van der Waals surface area contributed by atoms with Gasteiger partial charge in [0.1, 0.15) is 0 Å². The first-order valence-corrected chi connectivity index (χ1v) is 11.2. The number of nitrogens with zero attached hydrogens (tertiary/aromatic N) is 1. The molecule has 0 bridgehead atoms. The highest BCUT2D eigenvalue weighted by Gasteiger charge is 2.13. The normalized spacial score (nSPS) is 11.4. The van der Waals surface area contributed by atoms with E-state index < -0.39 is 15.8 Å². The van der Waals surface area contributed by atoms with Gasteiger partial charge in [-0.3, -0.25) is 4.98 Å². The van der Waals surface area contributed by atoms with E-state index in [0.29, 0.717) is 16.9 Å². The van der Waals surface area contributed by atoms with E-state index in [0.717, 1.165) is 17.5 Å². The first-order valence-electron chi connectivity index (χ1n) is 9.10. The molecule has 0 aliphatic rings. The van der Waals surface area contributed by atoms with Crippen molar-refractivity contribution in [1.82, 2.24) is 4.98 Å². The Bertz CT molecular complexity index is 1150. The summed E-state index contributed by atoms with van der Waals surface area (Å²) in [4.78, 5) is 16.7. The van der Waals surface area contributed by atoms with Crippen molar-refractivity contribution >= 4 is 28.0 Å². The summed E-state index contributed by atoms with van der Waals surface area (Å²) in [6.07, 6.45) is 6.64. The van der Waals surface area contributed by atoms with Crippen LogP contribution in [0.2, 0.25) is 0 Å². The summed E-state index contributed by atoms with van der Waals surface area (Å²) in [5.41, 5.74) is 2.61. The van der Waals surface area contributed by atoms with Gasteiger partial charge in [-0.15, -0.1) is 0 Å². The Morgan fingerprint density at radius 1 is 1.00 bits per heavy atom. The lowest BCUT2D eigenvalue weighted by Crippen LogP contribution is -2.09. The highest BCUT2D eigenvalue weighted by molar-refractivity contribution is 7.89. The third-order valence-corrected chi connectivity index (χ3v) is 5.00. The maximum absolute atomic E-state index is 12.5. The zero-order chi connectivity index (χ0) is 21.6. The van der Waals surface area contributed by atoms with Crippen LogP contribution < -0.4 is 9.47 Å². The first-order chi connectivity index (χ1) is 14.3. The molecule has 0 saturated carbocycles. The van der Waals surface area contributed by atoms with Gasteiger partial charge >= 0.3 is 5.97 Å². The maximum Gasteiger partial charge on any atom is 0.343 e. The van der Waals surface area contributed by atoms with E-state index in [2.05, 4.69) is 4.98 Å². The van der Waals surface area contributed by atoms with Gasteiger partial charge in [0.05, 0.1) is 24.1 Å². The second-order valence-electron chi connectivity index (χ2n) is 6.65. The van der Waals surface area contributed by atoms with Crippen LogP contribution in [0, 0.1) is 0 Å². The average molecular weight is 423 g/mol. The SMILES string of the molecule is COc1cc(/C=C/c2ccccn2)ccc1OC(=O)c1ccc(CS(C)(=O)=O)cc1. The van der Waals surface area contributed by atoms with E-state index in [1.807, 2.05) is 30.4 Å². The van der Waals surface area contributed by atoms with E-state index in [1.54, 1.807) is 48.7 Å². The Morgan fingerprint density at radius 2 is 1.77 bits per heavy atom. The molecule has 0 amide bonds. The molecule has 0 unspecified atom stereocenters. The van der Waals surface area contributed by atoms with Crippen LogP contribution in [0.4, 0.5) is 0 Å². The van der Waals surface area contributed by atoms with Crippen molar-refractivity contribution in [3.63, 3.8) is 0 Å². The molecule has 1 aromatic heterocycles. The third-order valence-electron chi connectivity index (χ3n) is 4.14. The van der Waals surface area contributed by atoms with Gasteiger partial charge in [-0.05, 0) is 53.6 Å². The van der Waals surface area contributed by atoms with E-state index in [4.69, 9.17) is 9.47 Å². The Hall–Kier alpha value is -3.45. The predicted molar refractivity (Wildman–Crippen MR) is 116 cm³/mol. The molecule has 30 heavy (non-hydrogen) atoms. The minimum Gasteiger partial charge on any atom is -0.493 e. The van der Waals surface area contributed by atoms with Crippen LogP contribution >= 0.6 is 0 Å². The van der Waals surface area contributed by atoms with Crippen LogP contribution in [0.25, 0.3) is 12.2 Å². The minimum atomic E-state index is -3.14. The zero-order valence-electron chi connectivity index (χ0n) is 16.6. The molecule has 0 radical (unpaired) electrons. The van der Waals surface area contributed by atoms with Gasteiger partial charge in [0.25, 0.3) is 0 Å². The van der Waals surface area contributed by atoms with Gasteiger partial charge < -0.3 is 9.47 Å². The number of hydrogen-bond donors (Lipinski definition) is 0. The van der Waals surface area contributed by atoms with Crippen LogP contribution in [-0.4, -0.2) is 32.7 Å². The molecule has 0 atom stereocenters. The van der Waals surface area contributed by atoms with Crippen LogP contribution in [-0.2, 0) is 15.6 Å². The molecule has 6 nitrogen and oxygen atoms in total. The largest absolute Gasteiger partial charge is 0.493 e. The highest BCUT2D eigenvalue weighted by atomic mass is 32.2. The van der Waals surface area contributed by atoms with E-state index >= 15 is 0 Å². The topological polar surface area (TPSA) is 82.6 Å². The number of benzene rings is 2. The van der Waals surface area contributed by atoms with Crippen molar-refractivity contribution < 1.29 is 22.7 Å². The summed E-state index contributed by atoms with van der Waals surface area (Å²) >= 11 is 0.